The lowest BCUT2D eigenvalue weighted by Crippen LogP contribution is -2.35. The number of fused-ring (bicyclic) bond motifs is 8. The first-order valence-electron chi connectivity index (χ1n) is 20.1. The predicted molar refractivity (Wildman–Crippen MR) is 249 cm³/mol. The lowest BCUT2D eigenvalue weighted by Gasteiger charge is -2.31. The third-order valence-electron chi connectivity index (χ3n) is 10.3. The Morgan fingerprint density at radius 3 is 0.661 bits per heavy atom. The van der Waals surface area contributed by atoms with Gasteiger partial charge in [0, 0.05) is 25.7 Å². The Bertz CT molecular complexity index is 1690. The summed E-state index contributed by atoms with van der Waals surface area (Å²) in [5.41, 5.74) is 9.28. The van der Waals surface area contributed by atoms with E-state index < -0.39 is 33.3 Å². The van der Waals surface area contributed by atoms with Gasteiger partial charge in [-0.15, -0.1) is 26.3 Å². The van der Waals surface area contributed by atoms with Gasteiger partial charge in [-0.1, -0.05) is 97.1 Å². The summed E-state index contributed by atoms with van der Waals surface area (Å²) in [6.45, 7) is 34.6. The van der Waals surface area contributed by atoms with Gasteiger partial charge in [0.25, 0.3) is 0 Å². The fraction of sp³-hybridized carbons (Fsp3) is 0.333. The van der Waals surface area contributed by atoms with Gasteiger partial charge in [-0.25, -0.2) is 0 Å². The highest BCUT2D eigenvalue weighted by molar-refractivity contribution is 6.73. The molecular formula is C48H64O4Si4. The van der Waals surface area contributed by atoms with Crippen LogP contribution in [0.2, 0.25) is 76.6 Å². The molecule has 0 heterocycles. The molecule has 0 saturated heterocycles. The molecule has 0 N–H and O–H groups in total. The van der Waals surface area contributed by atoms with E-state index in [1.54, 1.807) is 0 Å². The number of benzene rings is 4. The van der Waals surface area contributed by atoms with Crippen molar-refractivity contribution in [1.82, 2.24) is 0 Å². The summed E-state index contributed by atoms with van der Waals surface area (Å²) in [5, 5.41) is 0. The Morgan fingerprint density at radius 2 is 0.518 bits per heavy atom. The highest BCUT2D eigenvalue weighted by Crippen LogP contribution is 2.41. The van der Waals surface area contributed by atoms with E-state index in [0.717, 1.165) is 91.7 Å². The second-order valence-corrected chi connectivity index (χ2v) is 34.3. The van der Waals surface area contributed by atoms with Crippen molar-refractivity contribution < 1.29 is 17.7 Å². The zero-order chi connectivity index (χ0) is 40.7. The van der Waals surface area contributed by atoms with Crippen LogP contribution in [0.5, 0.6) is 23.0 Å². The minimum Gasteiger partial charge on any atom is -0.543 e. The van der Waals surface area contributed by atoms with Crippen molar-refractivity contribution >= 4 is 33.3 Å². The van der Waals surface area contributed by atoms with E-state index in [1.807, 2.05) is 24.3 Å². The van der Waals surface area contributed by atoms with Crippen LogP contribution in [-0.2, 0) is 25.7 Å². The van der Waals surface area contributed by atoms with E-state index in [9.17, 15) is 0 Å². The second-order valence-electron chi connectivity index (χ2n) is 17.7. The van der Waals surface area contributed by atoms with Crippen molar-refractivity contribution in [3.63, 3.8) is 0 Å². The normalized spacial score (nSPS) is 13.3. The van der Waals surface area contributed by atoms with Crippen molar-refractivity contribution in [2.24, 2.45) is 0 Å². The predicted octanol–water partition coefficient (Wildman–Crippen LogP) is 13.4. The van der Waals surface area contributed by atoms with Crippen molar-refractivity contribution in [3.05, 3.63) is 168 Å². The van der Waals surface area contributed by atoms with Crippen LogP contribution < -0.4 is 17.7 Å². The van der Waals surface area contributed by atoms with Crippen LogP contribution in [0.15, 0.2) is 123 Å². The summed E-state index contributed by atoms with van der Waals surface area (Å²) in [6, 6.07) is 30.0. The number of rotatable bonds is 16. The molecule has 4 aromatic carbocycles. The average Bonchev–Trinajstić information content (AvgIpc) is 3.09. The van der Waals surface area contributed by atoms with Crippen LogP contribution >= 0.6 is 0 Å². The second kappa shape index (κ2) is 18.0. The molecule has 0 saturated carbocycles. The highest BCUT2D eigenvalue weighted by Gasteiger charge is 2.32. The molecule has 8 bridgehead atoms. The van der Waals surface area contributed by atoms with Crippen LogP contribution in [0.25, 0.3) is 0 Å². The molecule has 0 spiro atoms. The molecule has 0 radical (unpaired) electrons. The maximum Gasteiger partial charge on any atom is 0.248 e. The van der Waals surface area contributed by atoms with E-state index in [2.05, 4.69) is 151 Å². The van der Waals surface area contributed by atoms with Crippen LogP contribution in [-0.4, -0.2) is 33.3 Å². The third-order valence-corrected chi connectivity index (χ3v) is 18.4. The molecule has 4 aromatic rings. The molecule has 5 rings (SSSR count). The van der Waals surface area contributed by atoms with E-state index in [0.29, 0.717) is 25.7 Å². The molecule has 0 unspecified atom stereocenters. The van der Waals surface area contributed by atoms with Gasteiger partial charge in [0.2, 0.25) is 33.3 Å². The largest absolute Gasteiger partial charge is 0.543 e. The molecule has 296 valence electrons. The summed E-state index contributed by atoms with van der Waals surface area (Å²) < 4.78 is 28.9. The van der Waals surface area contributed by atoms with Gasteiger partial charge in [-0.3, -0.25) is 0 Å². The van der Waals surface area contributed by atoms with Crippen molar-refractivity contribution in [2.45, 2.75) is 102 Å². The lowest BCUT2D eigenvalue weighted by atomic mass is 9.91. The first kappa shape index (κ1) is 43.0. The number of allylic oxidation sites excluding steroid dienone is 4. The van der Waals surface area contributed by atoms with Crippen LogP contribution in [0.3, 0.4) is 0 Å². The van der Waals surface area contributed by atoms with Gasteiger partial charge < -0.3 is 17.7 Å². The Morgan fingerprint density at radius 1 is 0.357 bits per heavy atom. The van der Waals surface area contributed by atoms with Gasteiger partial charge in [-0.05, 0) is 121 Å². The Labute approximate surface area is 342 Å². The summed E-state index contributed by atoms with van der Waals surface area (Å²) in [4.78, 5) is 0. The lowest BCUT2D eigenvalue weighted by molar-refractivity contribution is 0.525. The first-order valence-corrected chi connectivity index (χ1v) is 32.6. The Hall–Kier alpha value is -4.09. The zero-order valence-electron chi connectivity index (χ0n) is 35.4. The summed E-state index contributed by atoms with van der Waals surface area (Å²) in [7, 11) is -8.70. The van der Waals surface area contributed by atoms with Crippen LogP contribution in [0, 0.1) is 0 Å². The average molecular weight is 817 g/mol. The van der Waals surface area contributed by atoms with Crippen LogP contribution in [0.4, 0.5) is 0 Å². The summed E-state index contributed by atoms with van der Waals surface area (Å²) in [5.74, 6) is 3.91. The summed E-state index contributed by atoms with van der Waals surface area (Å²) >= 11 is 0. The monoisotopic (exact) mass is 816 g/mol. The molecular weight excluding hydrogens is 753 g/mol. The van der Waals surface area contributed by atoms with Gasteiger partial charge in [0.05, 0.1) is 0 Å². The molecule has 0 aliphatic heterocycles. The molecule has 4 nitrogen and oxygen atoms in total. The molecule has 0 aromatic heterocycles. The third kappa shape index (κ3) is 11.1. The van der Waals surface area contributed by atoms with Gasteiger partial charge in [-0.2, -0.15) is 0 Å². The van der Waals surface area contributed by atoms with E-state index in [1.165, 1.54) is 0 Å². The maximum atomic E-state index is 7.23. The smallest absolute Gasteiger partial charge is 0.248 e. The topological polar surface area (TPSA) is 36.9 Å². The van der Waals surface area contributed by atoms with Gasteiger partial charge in [0.15, 0.2) is 0 Å². The standard InChI is InChI=1S/C48H64O4Si4/c1-13-29-53(5,6)49-45-37-21-17-22-38(45)34-40-24-19-26-42(47(40)51-55(9,10)31-15-3)36-44-28-20-27-43(48(44)52-56(11,12)32-16-4)35-41-25-18-23-39(33-37)46(41)50-54(7,8)30-14-2/h13-28H,1-4,29-36H2,5-12H3. The SMILES string of the molecule is C=CC[Si](C)(C)Oc1c2cccc1Cc1cccc(c1O[Si](C)(C)CC=C)Cc1cccc(c1O[Si](C)(C)CC=C)Cc1cccc(c1O[Si](C)(C)CC=C)C2. The molecule has 0 amide bonds. The highest BCUT2D eigenvalue weighted by atomic mass is 28.4. The molecule has 0 fully saturated rings. The van der Waals surface area contributed by atoms with E-state index in [-0.39, 0.29) is 0 Å². The maximum absolute atomic E-state index is 7.23. The number of hydrogen-bond donors (Lipinski definition) is 0. The molecule has 8 heteroatoms. The van der Waals surface area contributed by atoms with Gasteiger partial charge >= 0.3 is 0 Å². The van der Waals surface area contributed by atoms with Crippen LogP contribution in [0.1, 0.15) is 44.5 Å². The van der Waals surface area contributed by atoms with Gasteiger partial charge in [0.1, 0.15) is 23.0 Å². The number of hydrogen-bond acceptors (Lipinski definition) is 4. The zero-order valence-corrected chi connectivity index (χ0v) is 39.4. The minimum atomic E-state index is -2.17. The van der Waals surface area contributed by atoms with Crippen molar-refractivity contribution in [2.75, 3.05) is 0 Å². The fourth-order valence-corrected chi connectivity index (χ4v) is 14.0. The van der Waals surface area contributed by atoms with Crippen molar-refractivity contribution in [1.29, 1.82) is 0 Å². The number of para-hydroxylation sites is 4. The molecule has 1 aliphatic rings. The quantitative estimate of drug-likeness (QED) is 0.0734. The summed E-state index contributed by atoms with van der Waals surface area (Å²) in [6.07, 6.45) is 10.7. The van der Waals surface area contributed by atoms with E-state index >= 15 is 0 Å². The molecule has 56 heavy (non-hydrogen) atoms. The van der Waals surface area contributed by atoms with Crippen molar-refractivity contribution in [3.8, 4) is 23.0 Å². The Balaban J connectivity index is 1.84. The molecule has 1 aliphatic carbocycles. The molecule has 0 atom stereocenters. The van der Waals surface area contributed by atoms with E-state index in [4.69, 9.17) is 17.7 Å². The fourth-order valence-electron chi connectivity index (χ4n) is 7.67. The minimum absolute atomic E-state index is 0.675. The first-order chi connectivity index (χ1) is 26.5. The Kier molecular flexibility index (Phi) is 13.8.